The molecule has 10 heteroatoms. The molecule has 0 unspecified atom stereocenters. The second kappa shape index (κ2) is 5.32. The van der Waals surface area contributed by atoms with E-state index in [9.17, 15) is 23.3 Å². The Morgan fingerprint density at radius 1 is 1.29 bits per heavy atom. The highest BCUT2D eigenvalue weighted by molar-refractivity contribution is 7.92. The third-order valence-electron chi connectivity index (χ3n) is 2.58. The molecule has 2 N–H and O–H groups in total. The van der Waals surface area contributed by atoms with E-state index in [-0.39, 0.29) is 22.0 Å². The third-order valence-corrected chi connectivity index (χ3v) is 4.09. The standard InChI is InChI=1S/C11H10N4O5S/c1-7-6-8(15(17)18)2-3-9(7)21(19,20)14-10-4-5-11(16)13-12-10/h2-6H,1H3,(H,12,14)(H,13,16). The Hall–Kier alpha value is -2.75. The van der Waals surface area contributed by atoms with E-state index in [2.05, 4.69) is 14.9 Å². The van der Waals surface area contributed by atoms with Gasteiger partial charge in [-0.3, -0.25) is 19.6 Å². The monoisotopic (exact) mass is 310 g/mol. The summed E-state index contributed by atoms with van der Waals surface area (Å²) < 4.78 is 26.5. The summed E-state index contributed by atoms with van der Waals surface area (Å²) in [5, 5.41) is 16.3. The molecule has 0 radical (unpaired) electrons. The molecule has 1 heterocycles. The van der Waals surface area contributed by atoms with Crippen molar-refractivity contribution in [2.75, 3.05) is 4.72 Å². The van der Waals surface area contributed by atoms with E-state index < -0.39 is 20.5 Å². The molecule has 0 amide bonds. The van der Waals surface area contributed by atoms with Crippen LogP contribution in [0.5, 0.6) is 0 Å². The SMILES string of the molecule is Cc1cc([N+](=O)[O-])ccc1S(=O)(=O)Nc1ccc(=O)[nH]n1. The van der Waals surface area contributed by atoms with Crippen molar-refractivity contribution in [3.05, 3.63) is 56.4 Å². The number of nitrogens with one attached hydrogen (secondary N) is 2. The quantitative estimate of drug-likeness (QED) is 0.633. The summed E-state index contributed by atoms with van der Waals surface area (Å²) in [6, 6.07) is 5.73. The number of aromatic nitrogens is 2. The van der Waals surface area contributed by atoms with Crippen LogP contribution >= 0.6 is 0 Å². The molecule has 1 aromatic heterocycles. The fourth-order valence-electron chi connectivity index (χ4n) is 1.64. The van der Waals surface area contributed by atoms with Crippen molar-refractivity contribution in [1.29, 1.82) is 0 Å². The summed E-state index contributed by atoms with van der Waals surface area (Å²) in [7, 11) is -3.96. The van der Waals surface area contributed by atoms with Crippen LogP contribution < -0.4 is 10.3 Å². The minimum atomic E-state index is -3.96. The van der Waals surface area contributed by atoms with Crippen LogP contribution in [0.25, 0.3) is 0 Å². The van der Waals surface area contributed by atoms with E-state index in [0.717, 1.165) is 24.3 Å². The molecule has 0 bridgehead atoms. The fourth-order valence-corrected chi connectivity index (χ4v) is 2.87. The number of H-pyrrole nitrogens is 1. The van der Waals surface area contributed by atoms with Crippen LogP contribution in [0.2, 0.25) is 0 Å². The minimum Gasteiger partial charge on any atom is -0.268 e. The Morgan fingerprint density at radius 2 is 2.00 bits per heavy atom. The molecule has 0 saturated heterocycles. The van der Waals surface area contributed by atoms with E-state index in [0.29, 0.717) is 0 Å². The van der Waals surface area contributed by atoms with Crippen LogP contribution in [0.1, 0.15) is 5.56 Å². The first kappa shape index (κ1) is 14.7. The van der Waals surface area contributed by atoms with Gasteiger partial charge in [-0.1, -0.05) is 0 Å². The summed E-state index contributed by atoms with van der Waals surface area (Å²) in [5.41, 5.74) is -0.445. The van der Waals surface area contributed by atoms with Crippen molar-refractivity contribution in [2.45, 2.75) is 11.8 Å². The summed E-state index contributed by atoms with van der Waals surface area (Å²) in [6.07, 6.45) is 0. The average molecular weight is 310 g/mol. The van der Waals surface area contributed by atoms with Crippen LogP contribution in [-0.4, -0.2) is 23.5 Å². The first-order chi connectivity index (χ1) is 9.79. The van der Waals surface area contributed by atoms with Gasteiger partial charge in [-0.2, -0.15) is 5.10 Å². The molecule has 2 rings (SSSR count). The lowest BCUT2D eigenvalue weighted by molar-refractivity contribution is -0.385. The molecule has 2 aromatic rings. The van der Waals surface area contributed by atoms with Gasteiger partial charge >= 0.3 is 0 Å². The van der Waals surface area contributed by atoms with E-state index in [4.69, 9.17) is 0 Å². The number of non-ortho nitro benzene ring substituents is 1. The van der Waals surface area contributed by atoms with Gasteiger partial charge in [0.15, 0.2) is 5.82 Å². The van der Waals surface area contributed by atoms with Gasteiger partial charge in [0.25, 0.3) is 21.3 Å². The molecule has 21 heavy (non-hydrogen) atoms. The maximum Gasteiger partial charge on any atom is 0.269 e. The third kappa shape index (κ3) is 3.23. The summed E-state index contributed by atoms with van der Waals surface area (Å²) in [4.78, 5) is 20.8. The number of sulfonamides is 1. The number of nitro groups is 1. The molecule has 0 aliphatic rings. The summed E-state index contributed by atoms with van der Waals surface area (Å²) in [5.74, 6) is -0.0626. The molecule has 0 saturated carbocycles. The second-order valence-electron chi connectivity index (χ2n) is 4.12. The first-order valence-electron chi connectivity index (χ1n) is 5.63. The van der Waals surface area contributed by atoms with Crippen LogP contribution in [0.15, 0.2) is 40.0 Å². The molecule has 0 aliphatic carbocycles. The number of hydrogen-bond donors (Lipinski definition) is 2. The van der Waals surface area contributed by atoms with E-state index >= 15 is 0 Å². The Bertz CT molecular complexity index is 839. The zero-order valence-corrected chi connectivity index (χ0v) is 11.5. The molecular formula is C11H10N4O5S. The molecule has 0 spiro atoms. The lowest BCUT2D eigenvalue weighted by Crippen LogP contribution is -2.17. The largest absolute Gasteiger partial charge is 0.269 e. The number of aryl methyl sites for hydroxylation is 1. The maximum absolute atomic E-state index is 12.2. The highest BCUT2D eigenvalue weighted by atomic mass is 32.2. The molecule has 1 aromatic carbocycles. The van der Waals surface area contributed by atoms with Crippen molar-refractivity contribution in [2.24, 2.45) is 0 Å². The Labute approximate surface area is 118 Å². The highest BCUT2D eigenvalue weighted by Gasteiger charge is 2.19. The number of aromatic amines is 1. The number of nitrogens with zero attached hydrogens (tertiary/aromatic N) is 2. The smallest absolute Gasteiger partial charge is 0.268 e. The number of nitro benzene ring substituents is 1. The molecule has 0 atom stereocenters. The van der Waals surface area contributed by atoms with Gasteiger partial charge < -0.3 is 0 Å². The summed E-state index contributed by atoms with van der Waals surface area (Å²) >= 11 is 0. The van der Waals surface area contributed by atoms with Crippen molar-refractivity contribution < 1.29 is 13.3 Å². The highest BCUT2D eigenvalue weighted by Crippen LogP contribution is 2.22. The normalized spacial score (nSPS) is 11.1. The predicted octanol–water partition coefficient (Wildman–Crippen LogP) is 0.787. The molecular weight excluding hydrogens is 300 g/mol. The lowest BCUT2D eigenvalue weighted by atomic mass is 10.2. The fraction of sp³-hybridized carbons (Fsp3) is 0.0909. The zero-order valence-electron chi connectivity index (χ0n) is 10.7. The number of benzene rings is 1. The number of rotatable bonds is 4. The molecule has 9 nitrogen and oxygen atoms in total. The van der Waals surface area contributed by atoms with Gasteiger partial charge in [0.1, 0.15) is 0 Å². The predicted molar refractivity (Wildman–Crippen MR) is 73.5 cm³/mol. The van der Waals surface area contributed by atoms with E-state index in [1.54, 1.807) is 0 Å². The molecule has 0 fully saturated rings. The van der Waals surface area contributed by atoms with Crippen molar-refractivity contribution >= 4 is 21.5 Å². The van der Waals surface area contributed by atoms with Gasteiger partial charge in [0, 0.05) is 18.2 Å². The first-order valence-corrected chi connectivity index (χ1v) is 7.11. The van der Waals surface area contributed by atoms with Gasteiger partial charge in [0.05, 0.1) is 9.82 Å². The van der Waals surface area contributed by atoms with Crippen molar-refractivity contribution in [3.8, 4) is 0 Å². The Morgan fingerprint density at radius 3 is 2.52 bits per heavy atom. The van der Waals surface area contributed by atoms with Crippen LogP contribution in [0.4, 0.5) is 11.5 Å². The zero-order chi connectivity index (χ0) is 15.6. The van der Waals surface area contributed by atoms with Gasteiger partial charge in [-0.05, 0) is 24.6 Å². The van der Waals surface area contributed by atoms with Crippen LogP contribution in [0, 0.1) is 17.0 Å². The topological polar surface area (TPSA) is 135 Å². The number of anilines is 1. The van der Waals surface area contributed by atoms with Crippen molar-refractivity contribution in [3.63, 3.8) is 0 Å². The average Bonchev–Trinajstić information content (AvgIpc) is 2.40. The molecule has 0 aliphatic heterocycles. The van der Waals surface area contributed by atoms with Gasteiger partial charge in [0.2, 0.25) is 0 Å². The van der Waals surface area contributed by atoms with E-state index in [1.165, 1.54) is 13.0 Å². The Balaban J connectivity index is 2.37. The lowest BCUT2D eigenvalue weighted by Gasteiger charge is -2.09. The minimum absolute atomic E-state index is 0.0626. The van der Waals surface area contributed by atoms with Crippen LogP contribution in [0.3, 0.4) is 0 Å². The maximum atomic E-state index is 12.2. The van der Waals surface area contributed by atoms with Crippen molar-refractivity contribution in [1.82, 2.24) is 10.2 Å². The molecule has 110 valence electrons. The second-order valence-corrected chi connectivity index (χ2v) is 5.77. The number of hydrogen-bond acceptors (Lipinski definition) is 6. The van der Waals surface area contributed by atoms with Crippen LogP contribution in [-0.2, 0) is 10.0 Å². The van der Waals surface area contributed by atoms with Gasteiger partial charge in [-0.25, -0.2) is 13.5 Å². The summed E-state index contributed by atoms with van der Waals surface area (Å²) in [6.45, 7) is 1.45. The van der Waals surface area contributed by atoms with E-state index in [1.807, 2.05) is 0 Å². The Kier molecular flexibility index (Phi) is 3.72. The van der Waals surface area contributed by atoms with Gasteiger partial charge in [-0.15, -0.1) is 0 Å².